The Morgan fingerprint density at radius 2 is 2.32 bits per heavy atom. The number of aryl methyl sites for hydroxylation is 1. The van der Waals surface area contributed by atoms with Gasteiger partial charge >= 0.3 is 0 Å². The first-order chi connectivity index (χ1) is 9.13. The number of anilines is 2. The molecule has 0 saturated carbocycles. The maximum absolute atomic E-state index is 12.2. The van der Waals surface area contributed by atoms with Crippen LogP contribution in [0, 0.1) is 0 Å². The summed E-state index contributed by atoms with van der Waals surface area (Å²) >= 11 is 1.40. The highest BCUT2D eigenvalue weighted by molar-refractivity contribution is 7.17. The summed E-state index contributed by atoms with van der Waals surface area (Å²) < 4.78 is 2.44. The van der Waals surface area contributed by atoms with E-state index in [-0.39, 0.29) is 11.9 Å². The van der Waals surface area contributed by atoms with E-state index in [9.17, 15) is 4.79 Å². The molecule has 7 nitrogen and oxygen atoms in total. The van der Waals surface area contributed by atoms with Gasteiger partial charge in [-0.15, -0.1) is 11.3 Å². The monoisotopic (exact) mass is 274 g/mol. The molecule has 0 aromatic carbocycles. The summed E-state index contributed by atoms with van der Waals surface area (Å²) in [4.78, 5) is 20.2. The number of nitrogens with two attached hydrogens (primary N) is 1. The van der Waals surface area contributed by atoms with E-state index < -0.39 is 0 Å². The predicted molar refractivity (Wildman–Crippen MR) is 73.0 cm³/mol. The number of carbonyl (C=O) groups excluding carboxylic acids is 1. The van der Waals surface area contributed by atoms with Crippen LogP contribution >= 0.6 is 11.3 Å². The lowest BCUT2D eigenvalue weighted by Gasteiger charge is -2.00. The van der Waals surface area contributed by atoms with Crippen molar-refractivity contribution in [2.24, 2.45) is 7.05 Å². The quantitative estimate of drug-likeness (QED) is 0.733. The molecular weight excluding hydrogens is 264 g/mol. The summed E-state index contributed by atoms with van der Waals surface area (Å²) in [6.45, 7) is 0. The van der Waals surface area contributed by atoms with Crippen molar-refractivity contribution in [3.8, 4) is 0 Å². The van der Waals surface area contributed by atoms with Gasteiger partial charge < -0.3 is 11.1 Å². The fourth-order valence-corrected chi connectivity index (χ4v) is 2.53. The Balaban J connectivity index is 1.95. The topological polar surface area (TPSA) is 98.7 Å². The van der Waals surface area contributed by atoms with E-state index in [1.807, 2.05) is 0 Å². The summed E-state index contributed by atoms with van der Waals surface area (Å²) in [5.74, 6) is -0.0846. The highest BCUT2D eigenvalue weighted by Gasteiger charge is 2.14. The summed E-state index contributed by atoms with van der Waals surface area (Å²) in [6.07, 6.45) is 4.91. The fraction of sp³-hybridized carbons (Fsp3) is 0.0909. The van der Waals surface area contributed by atoms with Crippen molar-refractivity contribution >= 4 is 39.1 Å². The first-order valence-corrected chi connectivity index (χ1v) is 6.31. The third-order valence-electron chi connectivity index (χ3n) is 2.54. The number of fused-ring (bicyclic) bond motifs is 1. The van der Waals surface area contributed by atoms with Gasteiger partial charge in [-0.25, -0.2) is 9.97 Å². The zero-order valence-electron chi connectivity index (χ0n) is 9.99. The van der Waals surface area contributed by atoms with Gasteiger partial charge in [0.2, 0.25) is 5.95 Å². The van der Waals surface area contributed by atoms with Gasteiger partial charge in [0.15, 0.2) is 0 Å². The second-order valence-corrected chi connectivity index (χ2v) is 4.86. The second kappa shape index (κ2) is 4.32. The minimum atomic E-state index is -0.239. The minimum Gasteiger partial charge on any atom is -0.368 e. The number of nitrogen functional groups attached to an aromatic ring is 1. The van der Waals surface area contributed by atoms with Crippen molar-refractivity contribution in [2.75, 3.05) is 11.1 Å². The molecule has 0 unspecified atom stereocenters. The molecule has 0 spiro atoms. The van der Waals surface area contributed by atoms with Crippen LogP contribution in [0.1, 0.15) is 10.4 Å². The van der Waals surface area contributed by atoms with Crippen molar-refractivity contribution in [3.63, 3.8) is 0 Å². The number of amides is 1. The van der Waals surface area contributed by atoms with Crippen LogP contribution in [0.3, 0.4) is 0 Å². The van der Waals surface area contributed by atoms with Gasteiger partial charge in [-0.1, -0.05) is 0 Å². The lowest BCUT2D eigenvalue weighted by Crippen LogP contribution is -2.11. The van der Waals surface area contributed by atoms with E-state index in [1.54, 1.807) is 35.7 Å². The molecule has 0 atom stereocenters. The highest BCUT2D eigenvalue weighted by atomic mass is 32.1. The Kier molecular flexibility index (Phi) is 2.64. The van der Waals surface area contributed by atoms with Gasteiger partial charge in [-0.3, -0.25) is 9.48 Å². The Morgan fingerprint density at radius 1 is 1.47 bits per heavy atom. The average Bonchev–Trinajstić information content (AvgIpc) is 2.95. The molecule has 0 bridgehead atoms. The molecule has 0 aliphatic rings. The van der Waals surface area contributed by atoms with Gasteiger partial charge in [0, 0.05) is 18.6 Å². The summed E-state index contributed by atoms with van der Waals surface area (Å²) in [6, 6.07) is 0. The number of hydrogen-bond acceptors (Lipinski definition) is 6. The van der Waals surface area contributed by atoms with Crippen LogP contribution < -0.4 is 11.1 Å². The smallest absolute Gasteiger partial charge is 0.258 e. The molecule has 3 aromatic rings. The molecule has 3 aromatic heterocycles. The molecule has 3 rings (SSSR count). The van der Waals surface area contributed by atoms with Gasteiger partial charge in [-0.05, 0) is 0 Å². The van der Waals surface area contributed by atoms with Crippen molar-refractivity contribution in [2.45, 2.75) is 0 Å². The van der Waals surface area contributed by atoms with Crippen LogP contribution in [0.5, 0.6) is 0 Å². The summed E-state index contributed by atoms with van der Waals surface area (Å²) in [5, 5.41) is 8.49. The summed E-state index contributed by atoms with van der Waals surface area (Å²) in [5.41, 5.74) is 7.23. The van der Waals surface area contributed by atoms with E-state index in [0.717, 1.165) is 4.70 Å². The maximum Gasteiger partial charge on any atom is 0.258 e. The lowest BCUT2D eigenvalue weighted by atomic mass is 10.2. The number of hydrogen-bond donors (Lipinski definition) is 2. The van der Waals surface area contributed by atoms with E-state index in [4.69, 9.17) is 5.73 Å². The third kappa shape index (κ3) is 2.13. The Labute approximate surface area is 112 Å². The molecule has 0 fully saturated rings. The normalized spacial score (nSPS) is 10.8. The molecule has 3 heterocycles. The number of aromatic nitrogens is 4. The molecule has 0 radical (unpaired) electrons. The average molecular weight is 274 g/mol. The largest absolute Gasteiger partial charge is 0.368 e. The molecule has 96 valence electrons. The van der Waals surface area contributed by atoms with Gasteiger partial charge in [0.25, 0.3) is 5.91 Å². The van der Waals surface area contributed by atoms with Crippen LogP contribution in [0.2, 0.25) is 0 Å². The van der Waals surface area contributed by atoms with Gasteiger partial charge in [-0.2, -0.15) is 5.10 Å². The number of nitrogens with zero attached hydrogens (tertiary/aromatic N) is 4. The van der Waals surface area contributed by atoms with E-state index >= 15 is 0 Å². The fourth-order valence-electron chi connectivity index (χ4n) is 1.69. The Bertz CT molecular complexity index is 761. The van der Waals surface area contributed by atoms with Crippen LogP contribution in [-0.2, 0) is 7.05 Å². The van der Waals surface area contributed by atoms with E-state index in [2.05, 4.69) is 20.4 Å². The first-order valence-electron chi connectivity index (χ1n) is 5.43. The number of nitrogens with one attached hydrogen (secondary N) is 1. The van der Waals surface area contributed by atoms with Crippen LogP contribution in [0.15, 0.2) is 24.0 Å². The predicted octanol–water partition coefficient (Wildman–Crippen LogP) is 1.26. The SMILES string of the molecule is Cn1cc(NC(=O)c2csc3cnc(N)nc23)cn1. The van der Waals surface area contributed by atoms with Crippen LogP contribution in [0.25, 0.3) is 10.2 Å². The first kappa shape index (κ1) is 11.6. The van der Waals surface area contributed by atoms with Crippen LogP contribution in [0.4, 0.5) is 11.6 Å². The molecule has 19 heavy (non-hydrogen) atoms. The molecule has 0 saturated heterocycles. The second-order valence-electron chi connectivity index (χ2n) is 3.95. The summed E-state index contributed by atoms with van der Waals surface area (Å²) in [7, 11) is 1.78. The number of thiophene rings is 1. The molecule has 1 amide bonds. The minimum absolute atomic E-state index is 0.154. The molecule has 0 aliphatic heterocycles. The van der Waals surface area contributed by atoms with Crippen molar-refractivity contribution in [3.05, 3.63) is 29.5 Å². The zero-order chi connectivity index (χ0) is 13.4. The van der Waals surface area contributed by atoms with Gasteiger partial charge in [0.1, 0.15) is 0 Å². The Hall–Kier alpha value is -2.48. The standard InChI is InChI=1S/C11H10N6OS/c1-17-4-6(2-14-17)15-10(18)7-5-19-8-3-13-11(12)16-9(7)8/h2-5H,1H3,(H,15,18)(H2,12,13,16). The lowest BCUT2D eigenvalue weighted by molar-refractivity contribution is 0.102. The maximum atomic E-state index is 12.2. The zero-order valence-corrected chi connectivity index (χ0v) is 10.8. The van der Waals surface area contributed by atoms with Crippen molar-refractivity contribution < 1.29 is 4.79 Å². The van der Waals surface area contributed by atoms with Crippen molar-refractivity contribution in [1.82, 2.24) is 19.7 Å². The number of rotatable bonds is 2. The molecular formula is C11H10N6OS. The third-order valence-corrected chi connectivity index (χ3v) is 3.45. The van der Waals surface area contributed by atoms with Crippen LogP contribution in [-0.4, -0.2) is 25.7 Å². The molecule has 8 heteroatoms. The van der Waals surface area contributed by atoms with Gasteiger partial charge in [0.05, 0.1) is 33.9 Å². The van der Waals surface area contributed by atoms with E-state index in [1.165, 1.54) is 11.3 Å². The molecule has 3 N–H and O–H groups in total. The molecule has 0 aliphatic carbocycles. The van der Waals surface area contributed by atoms with Crippen molar-refractivity contribution in [1.29, 1.82) is 0 Å². The Morgan fingerprint density at radius 3 is 3.05 bits per heavy atom. The highest BCUT2D eigenvalue weighted by Crippen LogP contribution is 2.24. The van der Waals surface area contributed by atoms with E-state index in [0.29, 0.717) is 16.8 Å². The number of carbonyl (C=O) groups is 1.